The van der Waals surface area contributed by atoms with Gasteiger partial charge in [0.1, 0.15) is 6.61 Å². The molecule has 0 aliphatic carbocycles. The van der Waals surface area contributed by atoms with Gasteiger partial charge < -0.3 is 15.0 Å². The van der Waals surface area contributed by atoms with Crippen molar-refractivity contribution in [3.8, 4) is 0 Å². The van der Waals surface area contributed by atoms with E-state index >= 15 is 0 Å². The summed E-state index contributed by atoms with van der Waals surface area (Å²) in [5.74, 6) is -0.0235. The monoisotopic (exact) mass is 368 g/mol. The lowest BCUT2D eigenvalue weighted by Gasteiger charge is -2.32. The Morgan fingerprint density at radius 1 is 1.22 bits per heavy atom. The molecule has 0 saturated carbocycles. The summed E-state index contributed by atoms with van der Waals surface area (Å²) in [6.45, 7) is 8.70. The fourth-order valence-corrected chi connectivity index (χ4v) is 3.12. The number of nitrogens with zero attached hydrogens (tertiary/aromatic N) is 3. The third-order valence-corrected chi connectivity index (χ3v) is 4.76. The molecule has 0 radical (unpaired) electrons. The van der Waals surface area contributed by atoms with E-state index in [4.69, 9.17) is 4.74 Å². The summed E-state index contributed by atoms with van der Waals surface area (Å²) in [6, 6.07) is 5.45. The Morgan fingerprint density at radius 3 is 2.56 bits per heavy atom. The van der Waals surface area contributed by atoms with Crippen LogP contribution < -0.4 is 5.32 Å². The molecule has 1 fully saturated rings. The molecule has 2 aromatic rings. The van der Waals surface area contributed by atoms with Crippen LogP contribution in [0.4, 0.5) is 4.79 Å². The van der Waals surface area contributed by atoms with Crippen LogP contribution in [0.15, 0.2) is 30.9 Å². The highest BCUT2D eigenvalue weighted by atomic mass is 16.5. The maximum atomic E-state index is 12.8. The average molecular weight is 368 g/mol. The van der Waals surface area contributed by atoms with E-state index in [1.807, 2.05) is 24.8 Å². The van der Waals surface area contributed by atoms with Gasteiger partial charge in [-0.15, -0.1) is 0 Å². The molecule has 0 spiro atoms. The fraction of sp³-hybridized carbons (Fsp3) is 0.400. The molecule has 1 aliphatic rings. The number of nitrogens with one attached hydrogen (secondary N) is 1. The van der Waals surface area contributed by atoms with E-state index in [0.29, 0.717) is 31.5 Å². The molecule has 1 aliphatic heterocycles. The van der Waals surface area contributed by atoms with E-state index in [-0.39, 0.29) is 18.6 Å². The minimum atomic E-state index is -0.446. The summed E-state index contributed by atoms with van der Waals surface area (Å²) in [6.07, 6.45) is 2.47. The number of amides is 2. The van der Waals surface area contributed by atoms with Gasteiger partial charge in [0.25, 0.3) is 5.91 Å². The molecule has 2 heterocycles. The number of hydrogen-bond donors (Lipinski definition) is 1. The van der Waals surface area contributed by atoms with Gasteiger partial charge >= 0.3 is 6.09 Å². The molecule has 27 heavy (non-hydrogen) atoms. The van der Waals surface area contributed by atoms with Gasteiger partial charge in [-0.2, -0.15) is 0 Å². The van der Waals surface area contributed by atoms with E-state index in [0.717, 1.165) is 22.4 Å². The number of hydrogen-bond acceptors (Lipinski definition) is 5. The number of aromatic nitrogens is 2. The van der Waals surface area contributed by atoms with Gasteiger partial charge in [0, 0.05) is 24.7 Å². The summed E-state index contributed by atoms with van der Waals surface area (Å²) < 4.78 is 4.93. The molecule has 0 unspecified atom stereocenters. The van der Waals surface area contributed by atoms with Gasteiger partial charge in [0.15, 0.2) is 0 Å². The molecule has 0 atom stereocenters. The molecule has 0 bridgehead atoms. The SMILES string of the molecule is C=CCOC(=O)NC1CCN(C(=O)c2ccc3nc(C)c(C)nc3c2)CC1. The molecule has 1 saturated heterocycles. The zero-order chi connectivity index (χ0) is 19.4. The van der Waals surface area contributed by atoms with E-state index < -0.39 is 6.09 Å². The maximum Gasteiger partial charge on any atom is 0.407 e. The average Bonchev–Trinajstić information content (AvgIpc) is 2.67. The van der Waals surface area contributed by atoms with Crippen molar-refractivity contribution in [1.82, 2.24) is 20.2 Å². The molecule has 1 N–H and O–H groups in total. The normalized spacial score (nSPS) is 14.8. The lowest BCUT2D eigenvalue weighted by molar-refractivity contribution is 0.0703. The van der Waals surface area contributed by atoms with Crippen molar-refractivity contribution >= 4 is 23.0 Å². The van der Waals surface area contributed by atoms with Crippen molar-refractivity contribution in [2.45, 2.75) is 32.7 Å². The lowest BCUT2D eigenvalue weighted by atomic mass is 10.0. The maximum absolute atomic E-state index is 12.8. The van der Waals surface area contributed by atoms with Crippen LogP contribution in [-0.2, 0) is 4.74 Å². The van der Waals surface area contributed by atoms with Crippen molar-refractivity contribution in [3.63, 3.8) is 0 Å². The number of aryl methyl sites for hydroxylation is 2. The largest absolute Gasteiger partial charge is 0.445 e. The highest BCUT2D eigenvalue weighted by Crippen LogP contribution is 2.18. The molecule has 1 aromatic carbocycles. The molecule has 7 nitrogen and oxygen atoms in total. The quantitative estimate of drug-likeness (QED) is 0.839. The highest BCUT2D eigenvalue weighted by Gasteiger charge is 2.25. The third kappa shape index (κ3) is 4.42. The predicted octanol–water partition coefficient (Wildman–Crippen LogP) is 2.76. The van der Waals surface area contributed by atoms with Crippen molar-refractivity contribution < 1.29 is 14.3 Å². The molecular formula is C20H24N4O3. The van der Waals surface area contributed by atoms with Crippen LogP contribution in [-0.4, -0.2) is 52.6 Å². The Hall–Kier alpha value is -2.96. The smallest absolute Gasteiger partial charge is 0.407 e. The number of benzene rings is 1. The molecule has 3 rings (SSSR count). The topological polar surface area (TPSA) is 84.4 Å². The Kier molecular flexibility index (Phi) is 5.69. The van der Waals surface area contributed by atoms with Crippen LogP contribution in [0.5, 0.6) is 0 Å². The van der Waals surface area contributed by atoms with Gasteiger partial charge in [-0.25, -0.2) is 14.8 Å². The van der Waals surface area contributed by atoms with Crippen molar-refractivity contribution in [2.75, 3.05) is 19.7 Å². The van der Waals surface area contributed by atoms with Crippen molar-refractivity contribution in [3.05, 3.63) is 47.8 Å². The minimum absolute atomic E-state index is 0.0134. The summed E-state index contributed by atoms with van der Waals surface area (Å²) in [7, 11) is 0. The van der Waals surface area contributed by atoms with Crippen LogP contribution in [0.1, 0.15) is 34.6 Å². The second-order valence-electron chi connectivity index (χ2n) is 6.70. The first-order valence-electron chi connectivity index (χ1n) is 9.06. The summed E-state index contributed by atoms with van der Waals surface area (Å²) in [4.78, 5) is 35.3. The standard InChI is InChI=1S/C20H24N4O3/c1-4-11-27-20(26)23-16-7-9-24(10-8-16)19(25)15-5-6-17-18(12-15)22-14(3)13(2)21-17/h4-6,12,16H,1,7-11H2,2-3H3,(H,23,26). The molecule has 2 amide bonds. The number of fused-ring (bicyclic) bond motifs is 1. The number of ether oxygens (including phenoxy) is 1. The number of rotatable bonds is 4. The molecular weight excluding hydrogens is 344 g/mol. The zero-order valence-corrected chi connectivity index (χ0v) is 15.7. The number of carbonyl (C=O) groups is 2. The van der Waals surface area contributed by atoms with E-state index in [2.05, 4.69) is 21.9 Å². The Bertz CT molecular complexity index is 873. The van der Waals surface area contributed by atoms with E-state index in [9.17, 15) is 9.59 Å². The van der Waals surface area contributed by atoms with E-state index in [1.165, 1.54) is 6.08 Å². The second kappa shape index (κ2) is 8.16. The molecule has 142 valence electrons. The summed E-state index contributed by atoms with van der Waals surface area (Å²) in [5, 5.41) is 2.82. The van der Waals surface area contributed by atoms with Crippen molar-refractivity contribution in [2.24, 2.45) is 0 Å². The summed E-state index contributed by atoms with van der Waals surface area (Å²) in [5.41, 5.74) is 3.88. The third-order valence-electron chi connectivity index (χ3n) is 4.76. The highest BCUT2D eigenvalue weighted by molar-refractivity contribution is 5.97. The van der Waals surface area contributed by atoms with Gasteiger partial charge in [-0.05, 0) is 44.9 Å². The first kappa shape index (κ1) is 18.8. The zero-order valence-electron chi connectivity index (χ0n) is 15.7. The Labute approximate surface area is 158 Å². The number of carbonyl (C=O) groups excluding carboxylic acids is 2. The van der Waals surface area contributed by atoms with E-state index in [1.54, 1.807) is 12.1 Å². The second-order valence-corrected chi connectivity index (χ2v) is 6.70. The first-order valence-corrected chi connectivity index (χ1v) is 9.06. The van der Waals surface area contributed by atoms with Gasteiger partial charge in [-0.3, -0.25) is 4.79 Å². The Morgan fingerprint density at radius 2 is 1.89 bits per heavy atom. The minimum Gasteiger partial charge on any atom is -0.445 e. The first-order chi connectivity index (χ1) is 13.0. The fourth-order valence-electron chi connectivity index (χ4n) is 3.12. The Balaban J connectivity index is 1.62. The number of piperidine rings is 1. The van der Waals surface area contributed by atoms with Crippen molar-refractivity contribution in [1.29, 1.82) is 0 Å². The van der Waals surface area contributed by atoms with Gasteiger partial charge in [0.05, 0.1) is 22.4 Å². The number of alkyl carbamates (subject to hydrolysis) is 1. The van der Waals surface area contributed by atoms with Crippen LogP contribution in [0.2, 0.25) is 0 Å². The van der Waals surface area contributed by atoms with Crippen LogP contribution in [0.3, 0.4) is 0 Å². The summed E-state index contributed by atoms with van der Waals surface area (Å²) >= 11 is 0. The predicted molar refractivity (Wildman–Crippen MR) is 103 cm³/mol. The van der Waals surface area contributed by atoms with Crippen LogP contribution in [0.25, 0.3) is 11.0 Å². The van der Waals surface area contributed by atoms with Crippen LogP contribution in [0, 0.1) is 13.8 Å². The van der Waals surface area contributed by atoms with Gasteiger partial charge in [0.2, 0.25) is 0 Å². The lowest BCUT2D eigenvalue weighted by Crippen LogP contribution is -2.46. The molecule has 7 heteroatoms. The van der Waals surface area contributed by atoms with Crippen LogP contribution >= 0.6 is 0 Å². The number of likely N-dealkylation sites (tertiary alicyclic amines) is 1. The molecule has 1 aromatic heterocycles. The van der Waals surface area contributed by atoms with Gasteiger partial charge in [-0.1, -0.05) is 12.7 Å².